The molecule has 10 heteroatoms. The van der Waals surface area contributed by atoms with Gasteiger partial charge < -0.3 is 33.6 Å². The minimum absolute atomic E-state index is 0.0629. The van der Waals surface area contributed by atoms with Gasteiger partial charge in [0, 0.05) is 42.4 Å². The highest BCUT2D eigenvalue weighted by atomic mass is 16.6. The molecule has 4 atom stereocenters. The molecule has 1 aliphatic carbocycles. The van der Waals surface area contributed by atoms with E-state index < -0.39 is 42.0 Å². The standard InChI is InChI=1S/C54H60O10/c1-34(32-55)42-23-22-35-16-18-38(19-17-35)30-40(21-20-37-12-9-13-39(29-37)28-36-10-5-4-6-11-36)31-47(57)61-50-48-46(64-54(2,41-14-7-8-15-41)51(50)63-52(42)58)25-24-43-45(33-56)44(26-27-60-3)53(59)62-49(43)48/h4-6,9-13,16-19,24-25,29,40-41,50-51,55-56H,7-8,14-15,20-23,26-28,30-33H2,1-3H3. The lowest BCUT2D eigenvalue weighted by Crippen LogP contribution is -2.58. The number of hydrogen-bond acceptors (Lipinski definition) is 10. The lowest BCUT2D eigenvalue weighted by Gasteiger charge is -2.48. The van der Waals surface area contributed by atoms with Crippen molar-refractivity contribution in [1.82, 2.24) is 0 Å². The highest BCUT2D eigenvalue weighted by molar-refractivity contribution is 5.90. The van der Waals surface area contributed by atoms with E-state index in [1.54, 1.807) is 19.1 Å². The SMILES string of the molecule is COCCc1c(CO)c2ccc3c(c2oc1=O)C1OC(=O)CC(CCc2cccc(Cc4ccccc4)c2)Cc2ccc(cc2)CCC(=C(C)CO)C(=O)OC1C(C)(C1CCCC1)O3. The number of carbonyl (C=O) groups excluding carboxylic acids is 2. The Morgan fingerprint density at radius 1 is 0.797 bits per heavy atom. The van der Waals surface area contributed by atoms with E-state index in [1.165, 1.54) is 23.8 Å². The van der Waals surface area contributed by atoms with Gasteiger partial charge in [0.25, 0.3) is 0 Å². The summed E-state index contributed by atoms with van der Waals surface area (Å²) in [7, 11) is 1.54. The third kappa shape index (κ3) is 9.75. The summed E-state index contributed by atoms with van der Waals surface area (Å²) in [4.78, 5) is 43.3. The van der Waals surface area contributed by atoms with Gasteiger partial charge in [-0.3, -0.25) is 4.79 Å². The zero-order valence-corrected chi connectivity index (χ0v) is 37.2. The highest BCUT2D eigenvalue weighted by Gasteiger charge is 2.57. The molecule has 0 radical (unpaired) electrons. The summed E-state index contributed by atoms with van der Waals surface area (Å²) in [5.41, 5.74) is 5.84. The number of benzene rings is 4. The fourth-order valence-corrected chi connectivity index (χ4v) is 10.2. The Bertz CT molecular complexity index is 2530. The third-order valence-corrected chi connectivity index (χ3v) is 13.9. The molecule has 0 saturated heterocycles. The van der Waals surface area contributed by atoms with Crippen molar-refractivity contribution in [2.75, 3.05) is 20.3 Å². The van der Waals surface area contributed by atoms with Crippen LogP contribution in [0.5, 0.6) is 5.75 Å². The molecule has 0 spiro atoms. The average molecular weight is 869 g/mol. The molecule has 2 bridgehead atoms. The van der Waals surface area contributed by atoms with Crippen LogP contribution in [0.2, 0.25) is 0 Å². The zero-order chi connectivity index (χ0) is 44.8. The van der Waals surface area contributed by atoms with Crippen LogP contribution in [0.25, 0.3) is 11.0 Å². The topological polar surface area (TPSA) is 142 Å². The maximum absolute atomic E-state index is 14.8. The number of fused-ring (bicyclic) bond motifs is 13. The second kappa shape index (κ2) is 20.1. The van der Waals surface area contributed by atoms with Crippen molar-refractivity contribution in [3.8, 4) is 5.75 Å². The molecule has 9 rings (SSSR count). The van der Waals surface area contributed by atoms with E-state index in [2.05, 4.69) is 72.8 Å². The normalized spacial score (nSPS) is 22.7. The van der Waals surface area contributed by atoms with Gasteiger partial charge in [0.2, 0.25) is 0 Å². The van der Waals surface area contributed by atoms with E-state index in [1.807, 2.05) is 13.0 Å². The van der Waals surface area contributed by atoms with Crippen LogP contribution in [0.4, 0.5) is 0 Å². The second-order valence-electron chi connectivity index (χ2n) is 18.1. The molecule has 1 aromatic heterocycles. The van der Waals surface area contributed by atoms with Crippen LogP contribution in [-0.4, -0.2) is 54.2 Å². The molecule has 4 aromatic carbocycles. The molecular formula is C54H60O10. The second-order valence-corrected chi connectivity index (χ2v) is 18.1. The monoisotopic (exact) mass is 868 g/mol. The number of methoxy groups -OCH3 is 1. The van der Waals surface area contributed by atoms with Crippen LogP contribution in [0.3, 0.4) is 0 Å². The van der Waals surface area contributed by atoms with Crippen LogP contribution >= 0.6 is 0 Å². The first kappa shape index (κ1) is 45.0. The van der Waals surface area contributed by atoms with Crippen molar-refractivity contribution in [1.29, 1.82) is 0 Å². The van der Waals surface area contributed by atoms with Crippen molar-refractivity contribution in [2.45, 2.75) is 115 Å². The molecule has 1 saturated carbocycles. The Hall–Kier alpha value is -5.55. The van der Waals surface area contributed by atoms with Crippen LogP contribution < -0.4 is 10.4 Å². The number of esters is 2. The Labute approximate surface area is 375 Å². The van der Waals surface area contributed by atoms with E-state index in [0.29, 0.717) is 53.5 Å². The maximum atomic E-state index is 14.8. The number of carbonyl (C=O) groups is 2. The predicted molar refractivity (Wildman–Crippen MR) is 244 cm³/mol. The van der Waals surface area contributed by atoms with Crippen LogP contribution in [-0.2, 0) is 62.5 Å². The molecule has 3 aliphatic heterocycles. The van der Waals surface area contributed by atoms with Crippen LogP contribution in [0.1, 0.15) is 109 Å². The quantitative estimate of drug-likeness (QED) is 0.0751. The molecule has 336 valence electrons. The van der Waals surface area contributed by atoms with Crippen molar-refractivity contribution in [3.05, 3.63) is 157 Å². The Kier molecular flexibility index (Phi) is 14.1. The summed E-state index contributed by atoms with van der Waals surface area (Å²) < 4.78 is 31.8. The smallest absolute Gasteiger partial charge is 0.339 e. The molecule has 4 unspecified atom stereocenters. The first-order valence-electron chi connectivity index (χ1n) is 22.9. The van der Waals surface area contributed by atoms with Crippen LogP contribution in [0.15, 0.2) is 111 Å². The molecule has 0 amide bonds. The van der Waals surface area contributed by atoms with E-state index in [4.69, 9.17) is 23.4 Å². The number of aryl methyl sites for hydroxylation is 2. The van der Waals surface area contributed by atoms with E-state index in [9.17, 15) is 24.6 Å². The molecular weight excluding hydrogens is 809 g/mol. The number of ether oxygens (including phenoxy) is 4. The fraction of sp³-hybridized carbons (Fsp3) is 0.426. The van der Waals surface area contributed by atoms with Crippen molar-refractivity contribution >= 4 is 22.9 Å². The summed E-state index contributed by atoms with van der Waals surface area (Å²) in [5.74, 6) is -0.939. The Morgan fingerprint density at radius 3 is 2.27 bits per heavy atom. The Balaban J connectivity index is 1.22. The van der Waals surface area contributed by atoms with Gasteiger partial charge in [-0.15, -0.1) is 0 Å². The summed E-state index contributed by atoms with van der Waals surface area (Å²) in [6.07, 6.45) is 5.21. The van der Waals surface area contributed by atoms with Gasteiger partial charge in [0.15, 0.2) is 12.2 Å². The van der Waals surface area contributed by atoms with Crippen molar-refractivity contribution in [3.63, 3.8) is 0 Å². The summed E-state index contributed by atoms with van der Waals surface area (Å²) in [5, 5.41) is 21.6. The molecule has 2 N–H and O–H groups in total. The van der Waals surface area contributed by atoms with E-state index in [-0.39, 0.29) is 54.6 Å². The molecule has 4 heterocycles. The number of aliphatic hydroxyl groups excluding tert-OH is 2. The fourth-order valence-electron chi connectivity index (χ4n) is 10.2. The van der Waals surface area contributed by atoms with Gasteiger partial charge in [-0.2, -0.15) is 0 Å². The maximum Gasteiger partial charge on any atom is 0.339 e. The minimum atomic E-state index is -1.24. The summed E-state index contributed by atoms with van der Waals surface area (Å²) >= 11 is 0. The highest BCUT2D eigenvalue weighted by Crippen LogP contribution is 2.52. The molecule has 1 fully saturated rings. The van der Waals surface area contributed by atoms with E-state index in [0.717, 1.165) is 49.7 Å². The lowest BCUT2D eigenvalue weighted by molar-refractivity contribution is -0.199. The number of hydrogen-bond donors (Lipinski definition) is 2. The van der Waals surface area contributed by atoms with Crippen LogP contribution in [0, 0.1) is 11.8 Å². The first-order valence-corrected chi connectivity index (χ1v) is 22.9. The zero-order valence-electron chi connectivity index (χ0n) is 37.2. The molecule has 10 nitrogen and oxygen atoms in total. The lowest BCUT2D eigenvalue weighted by atomic mass is 9.76. The van der Waals surface area contributed by atoms with E-state index >= 15 is 0 Å². The van der Waals surface area contributed by atoms with Crippen molar-refractivity contribution < 1.29 is 43.2 Å². The minimum Gasteiger partial charge on any atom is -0.483 e. The number of aliphatic hydroxyl groups is 2. The van der Waals surface area contributed by atoms with Gasteiger partial charge in [-0.1, -0.05) is 91.7 Å². The molecule has 64 heavy (non-hydrogen) atoms. The van der Waals surface area contributed by atoms with Gasteiger partial charge in [0.1, 0.15) is 16.9 Å². The van der Waals surface area contributed by atoms with Gasteiger partial charge in [0.05, 0.1) is 25.4 Å². The van der Waals surface area contributed by atoms with Gasteiger partial charge in [-0.25, -0.2) is 9.59 Å². The molecule has 5 aromatic rings. The van der Waals surface area contributed by atoms with Crippen molar-refractivity contribution in [2.24, 2.45) is 11.8 Å². The first-order chi connectivity index (χ1) is 31.1. The molecule has 4 aliphatic rings. The Morgan fingerprint density at radius 2 is 1.53 bits per heavy atom. The van der Waals surface area contributed by atoms with Gasteiger partial charge >= 0.3 is 17.6 Å². The predicted octanol–water partition coefficient (Wildman–Crippen LogP) is 9.04. The number of rotatable bonds is 11. The van der Waals surface area contributed by atoms with Gasteiger partial charge in [-0.05, 0) is 122 Å². The summed E-state index contributed by atoms with van der Waals surface area (Å²) in [6, 6.07) is 30.9. The summed E-state index contributed by atoms with van der Waals surface area (Å²) in [6.45, 7) is 3.10. The third-order valence-electron chi connectivity index (χ3n) is 13.9. The average Bonchev–Trinajstić information content (AvgIpc) is 3.86. The largest absolute Gasteiger partial charge is 0.483 e.